The summed E-state index contributed by atoms with van der Waals surface area (Å²) in [4.78, 5) is 5.70. The smallest absolute Gasteiger partial charge is 0.138 e. The number of aryl methyl sites for hydroxylation is 3. The lowest BCUT2D eigenvalue weighted by molar-refractivity contribution is 0.392. The highest BCUT2D eigenvalue weighted by atomic mass is 32.1. The van der Waals surface area contributed by atoms with Crippen LogP contribution in [-0.2, 0) is 19.5 Å². The fourth-order valence-electron chi connectivity index (χ4n) is 1.64. The Morgan fingerprint density at radius 2 is 2.18 bits per heavy atom. The van der Waals surface area contributed by atoms with Gasteiger partial charge in [-0.25, -0.2) is 4.98 Å². The average molecular weight is 251 g/mol. The minimum atomic E-state index is 0.780. The van der Waals surface area contributed by atoms with Crippen LogP contribution in [-0.4, -0.2) is 10.1 Å². The topological polar surface area (TPSA) is 51.0 Å². The molecule has 0 spiro atoms. The molecule has 0 bridgehead atoms. The maximum atomic E-state index is 5.12. The highest BCUT2D eigenvalue weighted by molar-refractivity contribution is 7.11. The maximum absolute atomic E-state index is 5.12. The van der Waals surface area contributed by atoms with Gasteiger partial charge in [-0.3, -0.25) is 0 Å². The van der Waals surface area contributed by atoms with Gasteiger partial charge in [-0.15, -0.1) is 11.3 Å². The Kier molecular flexibility index (Phi) is 3.91. The normalized spacial score (nSPS) is 11.0. The van der Waals surface area contributed by atoms with Crippen molar-refractivity contribution in [3.63, 3.8) is 0 Å². The molecule has 0 saturated carbocycles. The van der Waals surface area contributed by atoms with Gasteiger partial charge >= 0.3 is 0 Å². The standard InChI is InChI=1S/C12H17N3OS/c1-4-10-5-14-12(17-10)7-13-6-11-8(2)15-16-9(11)3/h5,13H,4,6-7H2,1-3H3. The zero-order valence-electron chi connectivity index (χ0n) is 10.4. The van der Waals surface area contributed by atoms with Crippen LogP contribution < -0.4 is 5.32 Å². The van der Waals surface area contributed by atoms with E-state index in [0.29, 0.717) is 0 Å². The molecular weight excluding hydrogens is 234 g/mol. The van der Waals surface area contributed by atoms with Crippen molar-refractivity contribution < 1.29 is 4.52 Å². The fourth-order valence-corrected chi connectivity index (χ4v) is 2.47. The molecule has 0 radical (unpaired) electrons. The van der Waals surface area contributed by atoms with E-state index < -0.39 is 0 Å². The summed E-state index contributed by atoms with van der Waals surface area (Å²) in [6.45, 7) is 7.63. The Labute approximate surface area is 105 Å². The van der Waals surface area contributed by atoms with E-state index in [0.717, 1.165) is 41.5 Å². The summed E-state index contributed by atoms with van der Waals surface area (Å²) in [6.07, 6.45) is 3.01. The van der Waals surface area contributed by atoms with E-state index in [-0.39, 0.29) is 0 Å². The second-order valence-electron chi connectivity index (χ2n) is 3.98. The van der Waals surface area contributed by atoms with Gasteiger partial charge in [0.05, 0.1) is 5.69 Å². The summed E-state index contributed by atoms with van der Waals surface area (Å²) in [5.74, 6) is 0.892. The summed E-state index contributed by atoms with van der Waals surface area (Å²) in [5, 5.41) is 8.44. The molecule has 92 valence electrons. The van der Waals surface area contributed by atoms with Crippen LogP contribution >= 0.6 is 11.3 Å². The van der Waals surface area contributed by atoms with E-state index in [1.54, 1.807) is 11.3 Å². The molecule has 5 heteroatoms. The molecule has 2 rings (SSSR count). The molecule has 0 aliphatic heterocycles. The molecule has 1 N–H and O–H groups in total. The first-order chi connectivity index (χ1) is 8.20. The van der Waals surface area contributed by atoms with Gasteiger partial charge in [0, 0.05) is 29.7 Å². The molecule has 2 heterocycles. The summed E-state index contributed by atoms with van der Waals surface area (Å²) in [6, 6.07) is 0. The van der Waals surface area contributed by atoms with Crippen molar-refractivity contribution >= 4 is 11.3 Å². The first kappa shape index (κ1) is 12.3. The van der Waals surface area contributed by atoms with E-state index in [2.05, 4.69) is 22.4 Å². The quantitative estimate of drug-likeness (QED) is 0.887. The van der Waals surface area contributed by atoms with Crippen LogP contribution in [0, 0.1) is 13.8 Å². The van der Waals surface area contributed by atoms with E-state index in [4.69, 9.17) is 4.52 Å². The lowest BCUT2D eigenvalue weighted by Crippen LogP contribution is -2.13. The molecule has 0 atom stereocenters. The lowest BCUT2D eigenvalue weighted by atomic mass is 10.2. The van der Waals surface area contributed by atoms with Crippen molar-refractivity contribution in [1.82, 2.24) is 15.5 Å². The molecule has 2 aromatic rings. The zero-order valence-corrected chi connectivity index (χ0v) is 11.2. The minimum absolute atomic E-state index is 0.780. The van der Waals surface area contributed by atoms with Crippen molar-refractivity contribution in [2.24, 2.45) is 0 Å². The number of nitrogens with zero attached hydrogens (tertiary/aromatic N) is 2. The zero-order chi connectivity index (χ0) is 12.3. The van der Waals surface area contributed by atoms with Crippen molar-refractivity contribution in [3.8, 4) is 0 Å². The molecule has 0 aromatic carbocycles. The van der Waals surface area contributed by atoms with Crippen molar-refractivity contribution in [2.75, 3.05) is 0 Å². The van der Waals surface area contributed by atoms with Crippen LogP contribution in [0.1, 0.15) is 33.8 Å². The van der Waals surface area contributed by atoms with Gasteiger partial charge in [0.2, 0.25) is 0 Å². The SMILES string of the molecule is CCc1cnc(CNCc2c(C)noc2C)s1. The Morgan fingerprint density at radius 1 is 1.35 bits per heavy atom. The summed E-state index contributed by atoms with van der Waals surface area (Å²) < 4.78 is 5.12. The van der Waals surface area contributed by atoms with Crippen LogP contribution in [0.5, 0.6) is 0 Å². The fraction of sp³-hybridized carbons (Fsp3) is 0.500. The van der Waals surface area contributed by atoms with E-state index in [9.17, 15) is 0 Å². The first-order valence-electron chi connectivity index (χ1n) is 5.76. The van der Waals surface area contributed by atoms with Gasteiger partial charge in [-0.05, 0) is 20.3 Å². The van der Waals surface area contributed by atoms with Crippen molar-refractivity contribution in [2.45, 2.75) is 40.3 Å². The van der Waals surface area contributed by atoms with Crippen LogP contribution in [0.2, 0.25) is 0 Å². The first-order valence-corrected chi connectivity index (χ1v) is 6.58. The third-order valence-electron chi connectivity index (χ3n) is 2.71. The third-order valence-corrected chi connectivity index (χ3v) is 3.85. The van der Waals surface area contributed by atoms with Gasteiger partial charge in [-0.1, -0.05) is 12.1 Å². The molecule has 0 amide bonds. The van der Waals surface area contributed by atoms with Gasteiger partial charge in [-0.2, -0.15) is 0 Å². The van der Waals surface area contributed by atoms with Crippen molar-refractivity contribution in [1.29, 1.82) is 0 Å². The summed E-state index contributed by atoms with van der Waals surface area (Å²) in [7, 11) is 0. The Hall–Kier alpha value is -1.20. The van der Waals surface area contributed by atoms with Gasteiger partial charge in [0.15, 0.2) is 0 Å². The van der Waals surface area contributed by atoms with E-state index in [1.165, 1.54) is 4.88 Å². The minimum Gasteiger partial charge on any atom is -0.361 e. The van der Waals surface area contributed by atoms with Crippen LogP contribution in [0.25, 0.3) is 0 Å². The molecule has 2 aromatic heterocycles. The van der Waals surface area contributed by atoms with Crippen LogP contribution in [0.4, 0.5) is 0 Å². The molecule has 0 aliphatic rings. The molecule has 0 unspecified atom stereocenters. The average Bonchev–Trinajstić information content (AvgIpc) is 2.90. The number of hydrogen-bond acceptors (Lipinski definition) is 5. The Balaban J connectivity index is 1.87. The number of aromatic nitrogens is 2. The largest absolute Gasteiger partial charge is 0.361 e. The predicted octanol–water partition coefficient (Wildman–Crippen LogP) is 2.60. The van der Waals surface area contributed by atoms with E-state index in [1.807, 2.05) is 20.0 Å². The number of thiazole rings is 1. The van der Waals surface area contributed by atoms with Crippen LogP contribution in [0.15, 0.2) is 10.7 Å². The maximum Gasteiger partial charge on any atom is 0.138 e. The summed E-state index contributed by atoms with van der Waals surface area (Å²) >= 11 is 1.77. The molecule has 0 saturated heterocycles. The van der Waals surface area contributed by atoms with Gasteiger partial charge < -0.3 is 9.84 Å². The monoisotopic (exact) mass is 251 g/mol. The highest BCUT2D eigenvalue weighted by Crippen LogP contribution is 2.14. The van der Waals surface area contributed by atoms with Crippen LogP contribution in [0.3, 0.4) is 0 Å². The Bertz CT molecular complexity index is 470. The lowest BCUT2D eigenvalue weighted by Gasteiger charge is -2.01. The highest BCUT2D eigenvalue weighted by Gasteiger charge is 2.08. The van der Waals surface area contributed by atoms with Gasteiger partial charge in [0.25, 0.3) is 0 Å². The molecule has 4 nitrogen and oxygen atoms in total. The molecule has 17 heavy (non-hydrogen) atoms. The number of hydrogen-bond donors (Lipinski definition) is 1. The second kappa shape index (κ2) is 5.42. The van der Waals surface area contributed by atoms with E-state index >= 15 is 0 Å². The second-order valence-corrected chi connectivity index (χ2v) is 5.18. The molecule has 0 aliphatic carbocycles. The van der Waals surface area contributed by atoms with Gasteiger partial charge in [0.1, 0.15) is 10.8 Å². The molecule has 0 fully saturated rings. The van der Waals surface area contributed by atoms with Crippen molar-refractivity contribution in [3.05, 3.63) is 33.1 Å². The predicted molar refractivity (Wildman–Crippen MR) is 68.0 cm³/mol. The number of nitrogens with one attached hydrogen (secondary N) is 1. The Morgan fingerprint density at radius 3 is 2.76 bits per heavy atom. The number of rotatable bonds is 5. The third kappa shape index (κ3) is 2.92. The summed E-state index contributed by atoms with van der Waals surface area (Å²) in [5.41, 5.74) is 2.11. The molecular formula is C12H17N3OS.